The van der Waals surface area contributed by atoms with Crippen molar-refractivity contribution >= 4 is 39.3 Å². The molecule has 3 rings (SSSR count). The number of nitrogens with zero attached hydrogens (tertiary/aromatic N) is 1. The quantitative estimate of drug-likeness (QED) is 0.721. The molecule has 1 fully saturated rings. The maximum absolute atomic E-state index is 13.1. The van der Waals surface area contributed by atoms with E-state index in [0.717, 1.165) is 16.1 Å². The Kier molecular flexibility index (Phi) is 7.04. The van der Waals surface area contributed by atoms with Gasteiger partial charge in [-0.2, -0.15) is 0 Å². The van der Waals surface area contributed by atoms with E-state index in [1.807, 2.05) is 24.3 Å². The largest absolute Gasteiger partial charge is 0.370 e. The second-order valence-electron chi connectivity index (χ2n) is 6.38. The highest BCUT2D eigenvalue weighted by atomic mass is 79.9. The molecule has 1 N–H and O–H groups in total. The molecule has 0 radical (unpaired) electrons. The van der Waals surface area contributed by atoms with Gasteiger partial charge in [0.25, 0.3) is 5.91 Å². The fourth-order valence-electron chi connectivity index (χ4n) is 2.96. The van der Waals surface area contributed by atoms with Crippen LogP contribution in [0.3, 0.4) is 0 Å². The molecule has 0 aliphatic carbocycles. The number of nitrogens with one attached hydrogen (secondary N) is 1. The molecule has 0 saturated carbocycles. The van der Waals surface area contributed by atoms with E-state index in [4.69, 9.17) is 16.3 Å². The zero-order chi connectivity index (χ0) is 20.1. The van der Waals surface area contributed by atoms with E-state index in [1.165, 1.54) is 12.1 Å². The highest BCUT2D eigenvalue weighted by Gasteiger charge is 2.25. The SMILES string of the molecule is O=C(NCCC(=O)N1CCOC(c2ccc(Br)cc2)C1)c1ccc(F)cc1Cl. The maximum Gasteiger partial charge on any atom is 0.252 e. The first-order chi connectivity index (χ1) is 13.4. The van der Waals surface area contributed by atoms with Gasteiger partial charge in [0.2, 0.25) is 5.91 Å². The molecule has 2 amide bonds. The van der Waals surface area contributed by atoms with Gasteiger partial charge >= 0.3 is 0 Å². The molecule has 1 aliphatic rings. The summed E-state index contributed by atoms with van der Waals surface area (Å²) in [7, 11) is 0. The molecule has 2 aromatic rings. The summed E-state index contributed by atoms with van der Waals surface area (Å²) in [5.74, 6) is -1.01. The van der Waals surface area contributed by atoms with Gasteiger partial charge in [0.05, 0.1) is 23.7 Å². The summed E-state index contributed by atoms with van der Waals surface area (Å²) in [5.41, 5.74) is 1.19. The number of hydrogen-bond donors (Lipinski definition) is 1. The van der Waals surface area contributed by atoms with Crippen LogP contribution < -0.4 is 5.32 Å². The van der Waals surface area contributed by atoms with Crippen LogP contribution in [-0.2, 0) is 9.53 Å². The average molecular weight is 470 g/mol. The molecule has 1 atom stereocenters. The molecule has 1 unspecified atom stereocenters. The van der Waals surface area contributed by atoms with Crippen LogP contribution in [0, 0.1) is 5.82 Å². The molecule has 1 saturated heterocycles. The van der Waals surface area contributed by atoms with Crippen LogP contribution in [0.25, 0.3) is 0 Å². The second-order valence-corrected chi connectivity index (χ2v) is 7.70. The Labute approximate surface area is 175 Å². The highest BCUT2D eigenvalue weighted by molar-refractivity contribution is 9.10. The van der Waals surface area contributed by atoms with Crippen molar-refractivity contribution in [2.75, 3.05) is 26.2 Å². The average Bonchev–Trinajstić information content (AvgIpc) is 2.68. The Morgan fingerprint density at radius 2 is 2.00 bits per heavy atom. The van der Waals surface area contributed by atoms with Crippen molar-refractivity contribution < 1.29 is 18.7 Å². The van der Waals surface area contributed by atoms with Crippen LogP contribution in [0.1, 0.15) is 28.4 Å². The number of morpholine rings is 1. The molecule has 2 aromatic carbocycles. The number of hydrogen-bond acceptors (Lipinski definition) is 3. The monoisotopic (exact) mass is 468 g/mol. The molecule has 148 valence electrons. The standard InChI is InChI=1S/C20H19BrClFN2O3/c21-14-3-1-13(2-4-14)18-12-25(9-10-28-18)19(26)7-8-24-20(27)16-6-5-15(23)11-17(16)22/h1-6,11,18H,7-10,12H2,(H,24,27). The van der Waals surface area contributed by atoms with Crippen molar-refractivity contribution in [1.29, 1.82) is 0 Å². The van der Waals surface area contributed by atoms with Crippen LogP contribution in [-0.4, -0.2) is 43.0 Å². The zero-order valence-corrected chi connectivity index (χ0v) is 17.3. The minimum absolute atomic E-state index is 0.0364. The van der Waals surface area contributed by atoms with Gasteiger partial charge in [0.1, 0.15) is 11.9 Å². The van der Waals surface area contributed by atoms with Gasteiger partial charge in [-0.25, -0.2) is 4.39 Å². The third-order valence-electron chi connectivity index (χ3n) is 4.46. The van der Waals surface area contributed by atoms with Gasteiger partial charge in [0, 0.05) is 24.0 Å². The summed E-state index contributed by atoms with van der Waals surface area (Å²) in [6.45, 7) is 1.62. The molecule has 5 nitrogen and oxygen atoms in total. The van der Waals surface area contributed by atoms with E-state index in [2.05, 4.69) is 21.2 Å². The third-order valence-corrected chi connectivity index (χ3v) is 5.30. The topological polar surface area (TPSA) is 58.6 Å². The molecular weight excluding hydrogens is 451 g/mol. The Morgan fingerprint density at radius 1 is 1.25 bits per heavy atom. The van der Waals surface area contributed by atoms with Gasteiger partial charge < -0.3 is 15.0 Å². The minimum atomic E-state index is -0.510. The molecular formula is C20H19BrClFN2O3. The lowest BCUT2D eigenvalue weighted by Crippen LogP contribution is -2.43. The first-order valence-electron chi connectivity index (χ1n) is 8.82. The summed E-state index contributed by atoms with van der Waals surface area (Å²) in [6.07, 6.45) is -0.00384. The van der Waals surface area contributed by atoms with Gasteiger partial charge in [-0.15, -0.1) is 0 Å². The smallest absolute Gasteiger partial charge is 0.252 e. The van der Waals surface area contributed by atoms with E-state index in [1.54, 1.807) is 4.90 Å². The molecule has 0 bridgehead atoms. The van der Waals surface area contributed by atoms with E-state index < -0.39 is 11.7 Å². The van der Waals surface area contributed by atoms with Crippen molar-refractivity contribution in [3.63, 3.8) is 0 Å². The van der Waals surface area contributed by atoms with E-state index in [0.29, 0.717) is 19.7 Å². The second kappa shape index (κ2) is 9.49. The number of amides is 2. The van der Waals surface area contributed by atoms with E-state index >= 15 is 0 Å². The molecule has 8 heteroatoms. The van der Waals surface area contributed by atoms with Crippen molar-refractivity contribution in [2.45, 2.75) is 12.5 Å². The van der Waals surface area contributed by atoms with Gasteiger partial charge in [-0.3, -0.25) is 9.59 Å². The van der Waals surface area contributed by atoms with E-state index in [9.17, 15) is 14.0 Å². The predicted octanol–water partition coefficient (Wildman–Crippen LogP) is 3.96. The number of carbonyl (C=O) groups excluding carboxylic acids is 2. The summed E-state index contributed by atoms with van der Waals surface area (Å²) < 4.78 is 19.8. The summed E-state index contributed by atoms with van der Waals surface area (Å²) in [6, 6.07) is 11.4. The molecule has 1 aliphatic heterocycles. The first-order valence-corrected chi connectivity index (χ1v) is 9.99. The first kappa shape index (κ1) is 20.8. The minimum Gasteiger partial charge on any atom is -0.370 e. The Hall–Kier alpha value is -1.96. The zero-order valence-electron chi connectivity index (χ0n) is 15.0. The fourth-order valence-corrected chi connectivity index (χ4v) is 3.48. The fraction of sp³-hybridized carbons (Fsp3) is 0.300. The lowest BCUT2D eigenvalue weighted by Gasteiger charge is -2.33. The Balaban J connectivity index is 1.50. The van der Waals surface area contributed by atoms with Gasteiger partial charge in [-0.1, -0.05) is 39.7 Å². The number of ether oxygens (including phenoxy) is 1. The summed E-state index contributed by atoms with van der Waals surface area (Å²) >= 11 is 9.28. The molecule has 28 heavy (non-hydrogen) atoms. The number of benzene rings is 2. The predicted molar refractivity (Wildman–Crippen MR) is 108 cm³/mol. The summed E-state index contributed by atoms with van der Waals surface area (Å²) in [4.78, 5) is 26.4. The third kappa shape index (κ3) is 5.31. The van der Waals surface area contributed by atoms with Crippen molar-refractivity contribution in [3.8, 4) is 0 Å². The van der Waals surface area contributed by atoms with E-state index in [-0.39, 0.29) is 35.6 Å². The highest BCUT2D eigenvalue weighted by Crippen LogP contribution is 2.24. The lowest BCUT2D eigenvalue weighted by molar-refractivity contribution is -0.138. The van der Waals surface area contributed by atoms with Crippen LogP contribution in [0.5, 0.6) is 0 Å². The molecule has 0 spiro atoms. The summed E-state index contributed by atoms with van der Waals surface area (Å²) in [5, 5.41) is 2.69. The van der Waals surface area contributed by atoms with Crippen LogP contribution in [0.4, 0.5) is 4.39 Å². The maximum atomic E-state index is 13.1. The van der Waals surface area contributed by atoms with Crippen LogP contribution in [0.2, 0.25) is 5.02 Å². The molecule has 1 heterocycles. The molecule has 0 aromatic heterocycles. The number of carbonyl (C=O) groups is 2. The number of rotatable bonds is 5. The van der Waals surface area contributed by atoms with Gasteiger partial charge in [0.15, 0.2) is 0 Å². The van der Waals surface area contributed by atoms with Crippen LogP contribution >= 0.6 is 27.5 Å². The van der Waals surface area contributed by atoms with Crippen molar-refractivity contribution in [3.05, 3.63) is 68.9 Å². The van der Waals surface area contributed by atoms with Crippen molar-refractivity contribution in [2.24, 2.45) is 0 Å². The van der Waals surface area contributed by atoms with Gasteiger partial charge in [-0.05, 0) is 35.9 Å². The number of halogens is 3. The Morgan fingerprint density at radius 3 is 2.71 bits per heavy atom. The Bertz CT molecular complexity index is 863. The van der Waals surface area contributed by atoms with Crippen molar-refractivity contribution in [1.82, 2.24) is 10.2 Å². The normalized spacial score (nSPS) is 16.7. The lowest BCUT2D eigenvalue weighted by atomic mass is 10.1. The van der Waals surface area contributed by atoms with Crippen LogP contribution in [0.15, 0.2) is 46.9 Å².